The van der Waals surface area contributed by atoms with Crippen LogP contribution in [0.15, 0.2) is 48.5 Å². The summed E-state index contributed by atoms with van der Waals surface area (Å²) in [7, 11) is 4.51. The zero-order valence-corrected chi connectivity index (χ0v) is 18.1. The molecule has 0 unspecified atom stereocenters. The van der Waals surface area contributed by atoms with Crippen molar-refractivity contribution in [3.8, 4) is 0 Å². The van der Waals surface area contributed by atoms with Crippen molar-refractivity contribution < 1.29 is 0 Å². The summed E-state index contributed by atoms with van der Waals surface area (Å²) in [4.78, 5) is 14.6. The monoisotopic (exact) mass is 388 g/mol. The van der Waals surface area contributed by atoms with Crippen molar-refractivity contribution in [2.45, 2.75) is 58.2 Å². The Kier molecular flexibility index (Phi) is 5.81. The fourth-order valence-corrected chi connectivity index (χ4v) is 4.81. The lowest BCUT2D eigenvalue weighted by Gasteiger charge is -2.43. The highest BCUT2D eigenvalue weighted by atomic mass is 15.2. The Labute approximate surface area is 174 Å². The lowest BCUT2D eigenvalue weighted by atomic mass is 9.88. The van der Waals surface area contributed by atoms with Gasteiger partial charge in [0.25, 0.3) is 0 Å². The van der Waals surface area contributed by atoms with Crippen molar-refractivity contribution >= 4 is 16.6 Å². The number of aryl methyl sites for hydroxylation is 2. The Balaban J connectivity index is 1.61. The first-order valence-corrected chi connectivity index (χ1v) is 10.7. The van der Waals surface area contributed by atoms with E-state index in [0.717, 1.165) is 29.1 Å². The van der Waals surface area contributed by atoms with Gasteiger partial charge in [-0.1, -0.05) is 37.1 Å². The Morgan fingerprint density at radius 3 is 2.34 bits per heavy atom. The van der Waals surface area contributed by atoms with Gasteiger partial charge in [0.05, 0.1) is 16.9 Å². The van der Waals surface area contributed by atoms with Crippen LogP contribution in [-0.2, 0) is 6.54 Å². The van der Waals surface area contributed by atoms with Crippen molar-refractivity contribution in [1.29, 1.82) is 0 Å². The first-order valence-electron chi connectivity index (χ1n) is 10.7. The van der Waals surface area contributed by atoms with E-state index in [1.807, 2.05) is 0 Å². The zero-order chi connectivity index (χ0) is 20.4. The molecule has 3 aromatic rings. The van der Waals surface area contributed by atoms with Gasteiger partial charge in [0.1, 0.15) is 0 Å². The van der Waals surface area contributed by atoms with Gasteiger partial charge in [-0.15, -0.1) is 0 Å². The van der Waals surface area contributed by atoms with Crippen molar-refractivity contribution in [2.24, 2.45) is 0 Å². The molecule has 2 heterocycles. The van der Waals surface area contributed by atoms with Gasteiger partial charge in [-0.2, -0.15) is 0 Å². The van der Waals surface area contributed by atoms with Crippen LogP contribution in [0.4, 0.5) is 5.69 Å². The number of pyridine rings is 2. The van der Waals surface area contributed by atoms with Gasteiger partial charge in [0, 0.05) is 42.5 Å². The van der Waals surface area contributed by atoms with E-state index in [1.165, 1.54) is 36.8 Å². The quantitative estimate of drug-likeness (QED) is 0.607. The number of hydrogen-bond donors (Lipinski definition) is 0. The Hall–Kier alpha value is -2.46. The average Bonchev–Trinajstić information content (AvgIpc) is 2.73. The normalized spacial score (nSPS) is 19.6. The highest BCUT2D eigenvalue weighted by Crippen LogP contribution is 2.33. The summed E-state index contributed by atoms with van der Waals surface area (Å²) in [5.41, 5.74) is 5.67. The molecule has 1 saturated carbocycles. The van der Waals surface area contributed by atoms with Crippen molar-refractivity contribution in [1.82, 2.24) is 14.9 Å². The second-order valence-electron chi connectivity index (χ2n) is 8.52. The van der Waals surface area contributed by atoms with Crippen molar-refractivity contribution in [3.05, 3.63) is 65.6 Å². The predicted octanol–water partition coefficient (Wildman–Crippen LogP) is 5.13. The van der Waals surface area contributed by atoms with E-state index in [2.05, 4.69) is 86.3 Å². The molecule has 2 aromatic heterocycles. The lowest BCUT2D eigenvalue weighted by Crippen LogP contribution is -2.51. The minimum absolute atomic E-state index is 0.478. The Bertz CT molecular complexity index is 983. The van der Waals surface area contributed by atoms with Crippen LogP contribution in [0, 0.1) is 13.8 Å². The second-order valence-corrected chi connectivity index (χ2v) is 8.52. The molecule has 0 aliphatic heterocycles. The third-order valence-electron chi connectivity index (χ3n) is 6.33. The van der Waals surface area contributed by atoms with Crippen molar-refractivity contribution in [2.75, 3.05) is 19.0 Å². The maximum absolute atomic E-state index is 4.87. The molecule has 0 amide bonds. The molecule has 4 nitrogen and oxygen atoms in total. The summed E-state index contributed by atoms with van der Waals surface area (Å²) in [6.45, 7) is 5.03. The topological polar surface area (TPSA) is 32.3 Å². The lowest BCUT2D eigenvalue weighted by molar-refractivity contribution is 0.158. The number of para-hydroxylation sites is 1. The fraction of sp³-hybridized carbons (Fsp3) is 0.440. The Morgan fingerprint density at radius 1 is 0.828 bits per heavy atom. The third-order valence-corrected chi connectivity index (χ3v) is 6.33. The summed E-state index contributed by atoms with van der Waals surface area (Å²) in [6, 6.07) is 18.1. The van der Waals surface area contributed by atoms with Gasteiger partial charge >= 0.3 is 0 Å². The number of nitrogens with zero attached hydrogens (tertiary/aromatic N) is 4. The number of aromatic nitrogens is 2. The molecule has 1 aliphatic carbocycles. The highest BCUT2D eigenvalue weighted by Gasteiger charge is 2.32. The van der Waals surface area contributed by atoms with Crippen LogP contribution < -0.4 is 4.90 Å². The smallest absolute Gasteiger partial charge is 0.0938 e. The van der Waals surface area contributed by atoms with Crippen LogP contribution in [0.5, 0.6) is 0 Å². The standard InChI is InChI=1S/C25H32N4/c1-18-9-7-11-21(26-18)17-28(3)22-12-5-6-13-23(22)29(4)24-14-8-10-20-16-15-19(2)27-25(20)24/h7-11,14-16,22-23H,5-6,12-13,17H2,1-4H3/t22-,23-/m0/s1. The van der Waals surface area contributed by atoms with Crippen LogP contribution in [0.25, 0.3) is 10.9 Å². The number of fused-ring (bicyclic) bond motifs is 1. The van der Waals surface area contributed by atoms with E-state index < -0.39 is 0 Å². The van der Waals surface area contributed by atoms with E-state index >= 15 is 0 Å². The third kappa shape index (κ3) is 4.27. The van der Waals surface area contributed by atoms with E-state index in [9.17, 15) is 0 Å². The minimum atomic E-state index is 0.478. The highest BCUT2D eigenvalue weighted by molar-refractivity contribution is 5.91. The molecule has 152 valence electrons. The largest absolute Gasteiger partial charge is 0.368 e. The average molecular weight is 389 g/mol. The molecule has 4 heteroatoms. The maximum atomic E-state index is 4.87. The molecular formula is C25H32N4. The van der Waals surface area contributed by atoms with Gasteiger partial charge in [0.15, 0.2) is 0 Å². The molecule has 2 atom stereocenters. The second kappa shape index (κ2) is 8.50. The van der Waals surface area contributed by atoms with E-state index in [0.29, 0.717) is 12.1 Å². The SMILES string of the molecule is Cc1cccc(CN(C)[C@H]2CCCC[C@@H]2N(C)c2cccc3ccc(C)nc23)n1. The van der Waals surface area contributed by atoms with Crippen LogP contribution in [0.2, 0.25) is 0 Å². The van der Waals surface area contributed by atoms with Crippen LogP contribution >= 0.6 is 0 Å². The minimum Gasteiger partial charge on any atom is -0.368 e. The number of anilines is 1. The molecular weight excluding hydrogens is 356 g/mol. The molecule has 0 spiro atoms. The summed E-state index contributed by atoms with van der Waals surface area (Å²) in [6.07, 6.45) is 5.04. The number of likely N-dealkylation sites (N-methyl/N-ethyl adjacent to an activating group) is 2. The van der Waals surface area contributed by atoms with Crippen LogP contribution in [0.3, 0.4) is 0 Å². The fourth-order valence-electron chi connectivity index (χ4n) is 4.81. The van der Waals surface area contributed by atoms with Gasteiger partial charge in [-0.3, -0.25) is 14.9 Å². The van der Waals surface area contributed by atoms with Gasteiger partial charge in [-0.05, 0) is 58.0 Å². The summed E-state index contributed by atoms with van der Waals surface area (Å²) in [5, 5.41) is 1.21. The van der Waals surface area contributed by atoms with E-state index in [4.69, 9.17) is 9.97 Å². The van der Waals surface area contributed by atoms with Gasteiger partial charge in [-0.25, -0.2) is 0 Å². The molecule has 0 saturated heterocycles. The molecule has 0 bridgehead atoms. The first kappa shape index (κ1) is 19.8. The zero-order valence-electron chi connectivity index (χ0n) is 18.1. The Morgan fingerprint density at radius 2 is 1.55 bits per heavy atom. The number of hydrogen-bond acceptors (Lipinski definition) is 4. The van der Waals surface area contributed by atoms with Crippen LogP contribution in [0.1, 0.15) is 42.8 Å². The maximum Gasteiger partial charge on any atom is 0.0938 e. The molecule has 4 rings (SSSR count). The summed E-state index contributed by atoms with van der Waals surface area (Å²) < 4.78 is 0. The molecule has 0 N–H and O–H groups in total. The number of benzene rings is 1. The van der Waals surface area contributed by atoms with E-state index in [1.54, 1.807) is 0 Å². The summed E-state index contributed by atoms with van der Waals surface area (Å²) >= 11 is 0. The molecule has 29 heavy (non-hydrogen) atoms. The van der Waals surface area contributed by atoms with Gasteiger partial charge in [0.2, 0.25) is 0 Å². The molecule has 1 fully saturated rings. The molecule has 1 aliphatic rings. The van der Waals surface area contributed by atoms with E-state index in [-0.39, 0.29) is 0 Å². The molecule has 0 radical (unpaired) electrons. The molecule has 1 aromatic carbocycles. The van der Waals surface area contributed by atoms with Gasteiger partial charge < -0.3 is 4.90 Å². The predicted molar refractivity (Wildman–Crippen MR) is 121 cm³/mol. The number of rotatable bonds is 5. The first-order chi connectivity index (χ1) is 14.0. The van der Waals surface area contributed by atoms with Crippen molar-refractivity contribution in [3.63, 3.8) is 0 Å². The summed E-state index contributed by atoms with van der Waals surface area (Å²) in [5.74, 6) is 0. The van der Waals surface area contributed by atoms with Crippen LogP contribution in [-0.4, -0.2) is 41.0 Å².